The number of rotatable bonds is 0. The van der Waals surface area contributed by atoms with Crippen LogP contribution in [0, 0.1) is 6.20 Å². The van der Waals surface area contributed by atoms with Crippen molar-refractivity contribution in [1.82, 2.24) is 4.98 Å². The molecule has 0 atom stereocenters. The smallest absolute Gasteiger partial charge is 0.509 e. The summed E-state index contributed by atoms with van der Waals surface area (Å²) in [5.41, 5.74) is -0.314. The van der Waals surface area contributed by atoms with Gasteiger partial charge in [-0.15, -0.1) is 17.6 Å². The second-order valence-electron chi connectivity index (χ2n) is 2.48. The molecule has 1 aromatic carbocycles. The predicted octanol–water partition coefficient (Wildman–Crippen LogP) is -1.96. The predicted molar refractivity (Wildman–Crippen MR) is 45.1 cm³/mol. The van der Waals surface area contributed by atoms with Crippen molar-refractivity contribution < 1.29 is 56.5 Å². The van der Waals surface area contributed by atoms with Gasteiger partial charge in [0.25, 0.3) is 0 Å². The second kappa shape index (κ2) is 4.39. The molecule has 0 aliphatic rings. The van der Waals surface area contributed by atoms with Gasteiger partial charge in [0, 0.05) is 0 Å². The number of H-pyrrole nitrogens is 1. The van der Waals surface area contributed by atoms with Crippen LogP contribution < -0.4 is 56.9 Å². The molecule has 0 spiro atoms. The third-order valence-corrected chi connectivity index (χ3v) is 1.72. The third kappa shape index (κ3) is 2.03. The summed E-state index contributed by atoms with van der Waals surface area (Å²) in [6, 6.07) is 6.54. The molecule has 0 aliphatic carbocycles. The molecule has 13 heavy (non-hydrogen) atoms. The van der Waals surface area contributed by atoms with Crippen molar-refractivity contribution in [3.8, 4) is 5.75 Å². The molecule has 60 valence electrons. The van der Waals surface area contributed by atoms with Crippen LogP contribution in [0.4, 0.5) is 0 Å². The standard InChI is InChI=1S/C9H6NO2.K/c11-7-3-1-2-6-4-5-10-9(12)8(6)7;/h1-4,11H,(H,10,12);/q-1;+1. The van der Waals surface area contributed by atoms with Gasteiger partial charge in [-0.05, 0) is 11.5 Å². The zero-order chi connectivity index (χ0) is 8.55. The number of benzene rings is 1. The molecule has 1 heterocycles. The van der Waals surface area contributed by atoms with Crippen LogP contribution in [0.3, 0.4) is 0 Å². The largest absolute Gasteiger partial charge is 1.00 e. The molecule has 1 aromatic heterocycles. The van der Waals surface area contributed by atoms with Crippen LogP contribution in [0.25, 0.3) is 10.8 Å². The molecule has 2 N–H and O–H groups in total. The van der Waals surface area contributed by atoms with Crippen molar-refractivity contribution in [3.05, 3.63) is 40.8 Å². The molecule has 4 heteroatoms. The van der Waals surface area contributed by atoms with Crippen LogP contribution >= 0.6 is 0 Å². The molecule has 0 saturated heterocycles. The zero-order valence-electron chi connectivity index (χ0n) is 7.16. The van der Waals surface area contributed by atoms with Crippen LogP contribution in [0.1, 0.15) is 0 Å². The summed E-state index contributed by atoms with van der Waals surface area (Å²) in [5.74, 6) is 0.00255. The van der Waals surface area contributed by atoms with E-state index >= 15 is 0 Å². The number of hydrogen-bond acceptors (Lipinski definition) is 2. The molecular weight excluding hydrogens is 193 g/mol. The second-order valence-corrected chi connectivity index (χ2v) is 2.48. The first kappa shape index (κ1) is 10.9. The Hall–Kier alpha value is -0.134. The number of phenols is 1. The number of aromatic hydroxyl groups is 1. The fraction of sp³-hybridized carbons (Fsp3) is 0. The number of hydrogen-bond donors (Lipinski definition) is 2. The number of pyridine rings is 1. The van der Waals surface area contributed by atoms with E-state index < -0.39 is 0 Å². The first-order valence-corrected chi connectivity index (χ1v) is 3.50. The Morgan fingerprint density at radius 3 is 2.85 bits per heavy atom. The van der Waals surface area contributed by atoms with Crippen molar-refractivity contribution >= 4 is 10.8 Å². The Bertz CT molecular complexity index is 473. The Morgan fingerprint density at radius 2 is 2.15 bits per heavy atom. The molecule has 0 fully saturated rings. The number of aromatic nitrogens is 1. The molecule has 0 unspecified atom stereocenters. The Labute approximate surface area is 117 Å². The average molecular weight is 199 g/mol. The van der Waals surface area contributed by atoms with Gasteiger partial charge in [0.05, 0.1) is 0 Å². The summed E-state index contributed by atoms with van der Waals surface area (Å²) < 4.78 is 0. The monoisotopic (exact) mass is 199 g/mol. The van der Waals surface area contributed by atoms with E-state index in [1.54, 1.807) is 18.2 Å². The van der Waals surface area contributed by atoms with Gasteiger partial charge in [0.15, 0.2) is 0 Å². The number of phenolic OH excluding ortho intramolecular Hbond substituents is 1. The van der Waals surface area contributed by atoms with E-state index in [1.807, 2.05) is 0 Å². The van der Waals surface area contributed by atoms with E-state index in [9.17, 15) is 9.90 Å². The van der Waals surface area contributed by atoms with Gasteiger partial charge in [-0.3, -0.25) is 0 Å². The van der Waals surface area contributed by atoms with Gasteiger partial charge < -0.3 is 14.9 Å². The van der Waals surface area contributed by atoms with Crippen molar-refractivity contribution in [1.29, 1.82) is 0 Å². The minimum absolute atomic E-state index is 0. The number of fused-ring (bicyclic) bond motifs is 1. The average Bonchev–Trinajstić information content (AvgIpc) is 2.04. The molecular formula is C9H6KNO2. The molecule has 0 amide bonds. The minimum Gasteiger partial charge on any atom is -0.509 e. The minimum atomic E-state index is -0.314. The van der Waals surface area contributed by atoms with E-state index in [0.29, 0.717) is 10.8 Å². The molecule has 0 saturated carbocycles. The van der Waals surface area contributed by atoms with Crippen molar-refractivity contribution in [2.45, 2.75) is 0 Å². The summed E-state index contributed by atoms with van der Waals surface area (Å²) in [6.45, 7) is 0. The van der Waals surface area contributed by atoms with Gasteiger partial charge in [-0.25, -0.2) is 0 Å². The van der Waals surface area contributed by atoms with E-state index in [2.05, 4.69) is 11.2 Å². The van der Waals surface area contributed by atoms with Crippen LogP contribution in [0.2, 0.25) is 0 Å². The fourth-order valence-electron chi connectivity index (χ4n) is 1.17. The van der Waals surface area contributed by atoms with Crippen LogP contribution in [0.5, 0.6) is 5.75 Å². The topological polar surface area (TPSA) is 53.1 Å². The molecule has 2 aromatic rings. The normalized spacial score (nSPS) is 9.54. The van der Waals surface area contributed by atoms with Gasteiger partial charge in [0.2, 0.25) is 0 Å². The van der Waals surface area contributed by atoms with Crippen LogP contribution in [-0.2, 0) is 0 Å². The van der Waals surface area contributed by atoms with E-state index in [4.69, 9.17) is 0 Å². The van der Waals surface area contributed by atoms with Crippen LogP contribution in [-0.4, -0.2) is 10.1 Å². The maximum Gasteiger partial charge on any atom is 1.00 e. The third-order valence-electron chi connectivity index (χ3n) is 1.72. The molecule has 3 nitrogen and oxygen atoms in total. The Morgan fingerprint density at radius 1 is 1.38 bits per heavy atom. The Balaban J connectivity index is 0.000000845. The summed E-state index contributed by atoms with van der Waals surface area (Å²) in [6.07, 6.45) is 2.58. The molecule has 0 radical (unpaired) electrons. The molecule has 2 rings (SSSR count). The maximum absolute atomic E-state index is 11.2. The van der Waals surface area contributed by atoms with Gasteiger partial charge in [0.1, 0.15) is 11.3 Å². The quantitative estimate of drug-likeness (QED) is 0.382. The van der Waals surface area contributed by atoms with Gasteiger partial charge in [-0.1, -0.05) is 6.07 Å². The summed E-state index contributed by atoms with van der Waals surface area (Å²) >= 11 is 0. The summed E-state index contributed by atoms with van der Waals surface area (Å²) in [7, 11) is 0. The molecule has 0 bridgehead atoms. The maximum atomic E-state index is 11.2. The van der Waals surface area contributed by atoms with Gasteiger partial charge >= 0.3 is 51.4 Å². The van der Waals surface area contributed by atoms with Crippen LogP contribution in [0.15, 0.2) is 29.1 Å². The van der Waals surface area contributed by atoms with Crippen molar-refractivity contribution in [2.75, 3.05) is 0 Å². The number of nitrogens with one attached hydrogen (secondary N) is 1. The Kier molecular flexibility index (Phi) is 3.70. The molecule has 0 aliphatic heterocycles. The first-order valence-electron chi connectivity index (χ1n) is 3.50. The van der Waals surface area contributed by atoms with E-state index in [0.717, 1.165) is 0 Å². The first-order chi connectivity index (χ1) is 5.79. The zero-order valence-corrected chi connectivity index (χ0v) is 10.3. The number of aromatic amines is 1. The van der Waals surface area contributed by atoms with E-state index in [-0.39, 0.29) is 62.7 Å². The van der Waals surface area contributed by atoms with Crippen molar-refractivity contribution in [3.63, 3.8) is 0 Å². The fourth-order valence-corrected chi connectivity index (χ4v) is 1.17. The van der Waals surface area contributed by atoms with E-state index in [1.165, 1.54) is 6.07 Å². The van der Waals surface area contributed by atoms with Crippen molar-refractivity contribution in [2.24, 2.45) is 0 Å². The summed E-state index contributed by atoms with van der Waals surface area (Å²) in [5, 5.41) is 10.3. The van der Waals surface area contributed by atoms with Gasteiger partial charge in [-0.2, -0.15) is 6.07 Å². The SMILES string of the molecule is O=c1[nH][c-]cc2cccc(O)c12.[K+]. The summed E-state index contributed by atoms with van der Waals surface area (Å²) in [4.78, 5) is 13.5.